The van der Waals surface area contributed by atoms with E-state index < -0.39 is 11.5 Å². The number of nitrogens with zero attached hydrogens (tertiary/aromatic N) is 1. The minimum Gasteiger partial charge on any atom is -0.375 e. The van der Waals surface area contributed by atoms with Gasteiger partial charge in [-0.05, 0) is 44.0 Å². The van der Waals surface area contributed by atoms with Crippen LogP contribution in [0, 0.1) is 13.8 Å². The van der Waals surface area contributed by atoms with Gasteiger partial charge >= 0.3 is 0 Å². The number of Topliss-reactive ketones (excluding diaryl/α,β-unsaturated/α-hetero) is 1. The number of rotatable bonds is 4. The zero-order valence-electron chi connectivity index (χ0n) is 14.8. The Balaban J connectivity index is 2.13. The lowest BCUT2D eigenvalue weighted by molar-refractivity contribution is -0.141. The van der Waals surface area contributed by atoms with Gasteiger partial charge in [0.15, 0.2) is 5.60 Å². The third kappa shape index (κ3) is 3.13. The summed E-state index contributed by atoms with van der Waals surface area (Å²) in [6, 6.07) is 8.79. The smallest absolute Gasteiger partial charge is 0.264 e. The Bertz CT molecular complexity index is 926. The van der Waals surface area contributed by atoms with Gasteiger partial charge in [0.05, 0.1) is 12.2 Å². The molecule has 26 heavy (non-hydrogen) atoms. The molecule has 1 aliphatic heterocycles. The molecule has 0 spiro atoms. The van der Waals surface area contributed by atoms with E-state index in [0.29, 0.717) is 26.9 Å². The summed E-state index contributed by atoms with van der Waals surface area (Å²) in [4.78, 5) is 26.3. The fourth-order valence-electron chi connectivity index (χ4n) is 3.58. The zero-order valence-corrected chi connectivity index (χ0v) is 16.3. The average molecular weight is 392 g/mol. The third-order valence-corrected chi connectivity index (χ3v) is 5.19. The number of hydrogen-bond donors (Lipinski definition) is 1. The molecule has 1 heterocycles. The summed E-state index contributed by atoms with van der Waals surface area (Å²) in [6.07, 6.45) is -0.257. The fraction of sp³-hybridized carbons (Fsp3) is 0.300. The lowest BCUT2D eigenvalue weighted by Crippen LogP contribution is -2.41. The van der Waals surface area contributed by atoms with E-state index in [2.05, 4.69) is 0 Å². The molecule has 0 aromatic heterocycles. The maximum Gasteiger partial charge on any atom is 0.264 e. The number of aliphatic hydroxyl groups is 1. The summed E-state index contributed by atoms with van der Waals surface area (Å²) in [7, 11) is 0. The predicted molar refractivity (Wildman–Crippen MR) is 103 cm³/mol. The highest BCUT2D eigenvalue weighted by atomic mass is 35.5. The first kappa shape index (κ1) is 18.9. The summed E-state index contributed by atoms with van der Waals surface area (Å²) >= 11 is 12.2. The topological polar surface area (TPSA) is 57.6 Å². The molecule has 0 unspecified atom stereocenters. The van der Waals surface area contributed by atoms with Crippen LogP contribution >= 0.6 is 23.2 Å². The molecule has 4 nitrogen and oxygen atoms in total. The van der Waals surface area contributed by atoms with Crippen LogP contribution in [0.25, 0.3) is 0 Å². The number of hydrogen-bond acceptors (Lipinski definition) is 3. The van der Waals surface area contributed by atoms with E-state index in [-0.39, 0.29) is 18.7 Å². The van der Waals surface area contributed by atoms with E-state index in [1.165, 1.54) is 11.8 Å². The van der Waals surface area contributed by atoms with Crippen molar-refractivity contribution in [1.82, 2.24) is 0 Å². The molecule has 3 rings (SSSR count). The first-order valence-corrected chi connectivity index (χ1v) is 8.98. The standard InChI is InChI=1S/C20H19Cl2NO3/c1-11-6-12(2)18-16(7-11)20(26,9-13(3)24)19(25)23(18)10-14-4-5-15(21)8-17(14)22/h4-8,26H,9-10H2,1-3H3/t20-/m0/s1. The molecule has 136 valence electrons. The SMILES string of the molecule is CC(=O)C[C@@]1(O)C(=O)N(Cc2ccc(Cl)cc2Cl)c2c(C)cc(C)cc21. The molecule has 1 N–H and O–H groups in total. The van der Waals surface area contributed by atoms with E-state index in [9.17, 15) is 14.7 Å². The summed E-state index contributed by atoms with van der Waals surface area (Å²) in [5.74, 6) is -0.764. The van der Waals surface area contributed by atoms with Gasteiger partial charge in [0.25, 0.3) is 5.91 Å². The predicted octanol–water partition coefficient (Wildman–Crippen LogP) is 4.32. The average Bonchev–Trinajstić information content (AvgIpc) is 2.71. The number of halogens is 2. The van der Waals surface area contributed by atoms with Gasteiger partial charge < -0.3 is 10.0 Å². The first-order valence-electron chi connectivity index (χ1n) is 8.23. The Kier molecular flexibility index (Phi) is 4.86. The second-order valence-electron chi connectivity index (χ2n) is 6.84. The molecule has 0 bridgehead atoms. The van der Waals surface area contributed by atoms with Crippen molar-refractivity contribution >= 4 is 40.6 Å². The van der Waals surface area contributed by atoms with Crippen LogP contribution in [-0.4, -0.2) is 16.8 Å². The second kappa shape index (κ2) is 6.69. The van der Waals surface area contributed by atoms with E-state index in [4.69, 9.17) is 23.2 Å². The number of aryl methyl sites for hydroxylation is 2. The third-order valence-electron chi connectivity index (χ3n) is 4.61. The Morgan fingerprint density at radius 3 is 2.50 bits per heavy atom. The summed E-state index contributed by atoms with van der Waals surface area (Å²) < 4.78 is 0. The molecular formula is C20H19Cl2NO3. The minimum absolute atomic E-state index is 0.186. The van der Waals surface area contributed by atoms with Gasteiger partial charge in [0, 0.05) is 22.0 Å². The number of fused-ring (bicyclic) bond motifs is 1. The van der Waals surface area contributed by atoms with Crippen molar-refractivity contribution in [2.24, 2.45) is 0 Å². The molecule has 0 fully saturated rings. The number of ketones is 1. The molecule has 0 saturated heterocycles. The van der Waals surface area contributed by atoms with Crippen LogP contribution in [0.15, 0.2) is 30.3 Å². The van der Waals surface area contributed by atoms with Gasteiger partial charge in [0.2, 0.25) is 0 Å². The number of benzene rings is 2. The van der Waals surface area contributed by atoms with Gasteiger partial charge in [-0.1, -0.05) is 47.0 Å². The maximum atomic E-state index is 13.1. The zero-order chi connectivity index (χ0) is 19.2. The van der Waals surface area contributed by atoms with Crippen molar-refractivity contribution in [1.29, 1.82) is 0 Å². The maximum absolute atomic E-state index is 13.1. The summed E-state index contributed by atoms with van der Waals surface area (Å²) in [5, 5.41) is 12.1. The number of carbonyl (C=O) groups excluding carboxylic acids is 2. The molecule has 2 aromatic carbocycles. The lowest BCUT2D eigenvalue weighted by Gasteiger charge is -2.23. The van der Waals surface area contributed by atoms with Gasteiger partial charge in [-0.15, -0.1) is 0 Å². The van der Waals surface area contributed by atoms with Crippen molar-refractivity contribution in [2.75, 3.05) is 4.90 Å². The van der Waals surface area contributed by atoms with Crippen LogP contribution in [0.5, 0.6) is 0 Å². The molecule has 2 aromatic rings. The summed E-state index contributed by atoms with van der Waals surface area (Å²) in [5.41, 5.74) is 1.75. The monoisotopic (exact) mass is 391 g/mol. The highest BCUT2D eigenvalue weighted by molar-refractivity contribution is 6.35. The highest BCUT2D eigenvalue weighted by Gasteiger charge is 2.51. The van der Waals surface area contributed by atoms with Crippen LogP contribution in [0.1, 0.15) is 35.6 Å². The van der Waals surface area contributed by atoms with Crippen LogP contribution < -0.4 is 4.90 Å². The molecule has 1 aliphatic rings. The fourth-order valence-corrected chi connectivity index (χ4v) is 4.04. The number of amides is 1. The van der Waals surface area contributed by atoms with Gasteiger partial charge in [0.1, 0.15) is 5.78 Å². The van der Waals surface area contributed by atoms with E-state index in [0.717, 1.165) is 11.1 Å². The molecule has 1 amide bonds. The quantitative estimate of drug-likeness (QED) is 0.843. The molecular weight excluding hydrogens is 373 g/mol. The van der Waals surface area contributed by atoms with E-state index in [1.54, 1.807) is 24.3 Å². The van der Waals surface area contributed by atoms with Crippen molar-refractivity contribution in [3.63, 3.8) is 0 Å². The Morgan fingerprint density at radius 1 is 1.19 bits per heavy atom. The van der Waals surface area contributed by atoms with Gasteiger partial charge in [-0.2, -0.15) is 0 Å². The molecule has 6 heteroatoms. The lowest BCUT2D eigenvalue weighted by atomic mass is 9.88. The molecule has 0 aliphatic carbocycles. The largest absolute Gasteiger partial charge is 0.375 e. The number of anilines is 1. The normalized spacial score (nSPS) is 19.0. The van der Waals surface area contributed by atoms with Crippen molar-refractivity contribution in [2.45, 2.75) is 39.3 Å². The Labute approximate surface area is 162 Å². The minimum atomic E-state index is -1.85. The van der Waals surface area contributed by atoms with E-state index in [1.807, 2.05) is 19.9 Å². The van der Waals surface area contributed by atoms with Crippen LogP contribution in [0.2, 0.25) is 10.0 Å². The van der Waals surface area contributed by atoms with Crippen LogP contribution in [0.4, 0.5) is 5.69 Å². The van der Waals surface area contributed by atoms with Crippen LogP contribution in [0.3, 0.4) is 0 Å². The summed E-state index contributed by atoms with van der Waals surface area (Å²) in [6.45, 7) is 5.33. The second-order valence-corrected chi connectivity index (χ2v) is 7.69. The first-order chi connectivity index (χ1) is 12.1. The van der Waals surface area contributed by atoms with Gasteiger partial charge in [-0.3, -0.25) is 9.59 Å². The van der Waals surface area contributed by atoms with Crippen molar-refractivity contribution < 1.29 is 14.7 Å². The molecule has 0 saturated carbocycles. The van der Waals surface area contributed by atoms with Crippen molar-refractivity contribution in [3.8, 4) is 0 Å². The van der Waals surface area contributed by atoms with Crippen molar-refractivity contribution in [3.05, 3.63) is 62.6 Å². The molecule has 1 atom stereocenters. The number of carbonyl (C=O) groups is 2. The highest BCUT2D eigenvalue weighted by Crippen LogP contribution is 2.46. The van der Waals surface area contributed by atoms with Gasteiger partial charge in [-0.25, -0.2) is 0 Å². The van der Waals surface area contributed by atoms with Crippen LogP contribution in [-0.2, 0) is 21.7 Å². The van der Waals surface area contributed by atoms with E-state index >= 15 is 0 Å². The Morgan fingerprint density at radius 2 is 1.88 bits per heavy atom. The Hall–Kier alpha value is -1.88. The molecule has 0 radical (unpaired) electrons.